The van der Waals surface area contributed by atoms with Crippen LogP contribution in [0, 0.1) is 20.8 Å². The Morgan fingerprint density at radius 1 is 0.892 bits per heavy atom. The van der Waals surface area contributed by atoms with Crippen LogP contribution in [0.5, 0.6) is 11.5 Å². The Kier molecular flexibility index (Phi) is 8.19. The summed E-state index contributed by atoms with van der Waals surface area (Å²) in [4.78, 5) is 12.3. The van der Waals surface area contributed by atoms with Gasteiger partial charge < -0.3 is 9.47 Å². The van der Waals surface area contributed by atoms with Gasteiger partial charge in [-0.1, -0.05) is 29.7 Å². The van der Waals surface area contributed by atoms with Crippen LogP contribution in [0.25, 0.3) is 21.6 Å². The molecule has 0 unspecified atom stereocenters. The van der Waals surface area contributed by atoms with Crippen molar-refractivity contribution in [1.82, 2.24) is 4.37 Å². The van der Waals surface area contributed by atoms with Crippen molar-refractivity contribution >= 4 is 21.4 Å². The van der Waals surface area contributed by atoms with Crippen LogP contribution in [0.1, 0.15) is 28.7 Å². The predicted molar refractivity (Wildman–Crippen MR) is 151 cm³/mol. The number of aromatic amines is 1. The van der Waals surface area contributed by atoms with Gasteiger partial charge >= 0.3 is 0 Å². The fourth-order valence-corrected chi connectivity index (χ4v) is 5.69. The Labute approximate surface area is 222 Å². The van der Waals surface area contributed by atoms with Crippen LogP contribution in [0.3, 0.4) is 0 Å². The van der Waals surface area contributed by atoms with E-state index in [0.29, 0.717) is 19.6 Å². The highest BCUT2D eigenvalue weighted by Gasteiger charge is 2.14. The van der Waals surface area contributed by atoms with Gasteiger partial charge in [0.05, 0.1) is 17.2 Å². The van der Waals surface area contributed by atoms with E-state index in [4.69, 9.17) is 9.47 Å². The summed E-state index contributed by atoms with van der Waals surface area (Å²) >= 11 is 1.32. The molecule has 3 aromatic carbocycles. The highest BCUT2D eigenvalue weighted by atomic mass is 32.2. The summed E-state index contributed by atoms with van der Waals surface area (Å²) in [6, 6.07) is 19.6. The Bertz CT molecular complexity index is 1530. The summed E-state index contributed by atoms with van der Waals surface area (Å²) in [6.07, 6.45) is 1.71. The van der Waals surface area contributed by atoms with Crippen molar-refractivity contribution in [2.45, 2.75) is 33.8 Å². The van der Waals surface area contributed by atoms with Crippen LogP contribution in [0.15, 0.2) is 65.5 Å². The van der Waals surface area contributed by atoms with E-state index in [-0.39, 0.29) is 11.3 Å². The summed E-state index contributed by atoms with van der Waals surface area (Å²) < 4.78 is 37.3. The Morgan fingerprint density at radius 3 is 2.22 bits per heavy atom. The molecule has 6 nitrogen and oxygen atoms in total. The first-order valence-electron chi connectivity index (χ1n) is 12.0. The fraction of sp³-hybridized carbons (Fsp3) is 0.276. The number of hydrogen-bond donors (Lipinski definition) is 1. The lowest BCUT2D eigenvalue weighted by atomic mass is 9.90. The van der Waals surface area contributed by atoms with Crippen molar-refractivity contribution in [3.8, 4) is 33.1 Å². The first-order valence-corrected chi connectivity index (χ1v) is 14.9. The van der Waals surface area contributed by atoms with Crippen LogP contribution in [-0.2, 0) is 16.4 Å². The van der Waals surface area contributed by atoms with Gasteiger partial charge in [-0.15, -0.1) is 0 Å². The van der Waals surface area contributed by atoms with Gasteiger partial charge in [0.25, 0.3) is 5.56 Å². The average molecular weight is 538 g/mol. The number of aromatic nitrogens is 1. The maximum absolute atomic E-state index is 11.4. The van der Waals surface area contributed by atoms with Gasteiger partial charge in [0.15, 0.2) is 0 Å². The van der Waals surface area contributed by atoms with E-state index in [1.165, 1.54) is 17.8 Å². The SMILES string of the molecule is Cc1cc(OCCCS(C)(=O)=O)cc(C)c1-c1cccc(COc2ccc(-c3cc(=O)[nH]s3)cc2)c1C. The summed E-state index contributed by atoms with van der Waals surface area (Å²) in [5, 5.41) is 0. The lowest BCUT2D eigenvalue weighted by molar-refractivity contribution is 0.305. The molecule has 0 fully saturated rings. The van der Waals surface area contributed by atoms with Crippen molar-refractivity contribution in [2.75, 3.05) is 18.6 Å². The largest absolute Gasteiger partial charge is 0.494 e. The lowest BCUT2D eigenvalue weighted by Crippen LogP contribution is -2.08. The molecular formula is C29H31NO5S2. The molecule has 0 aliphatic carbocycles. The van der Waals surface area contributed by atoms with Gasteiger partial charge in [0.2, 0.25) is 0 Å². The van der Waals surface area contributed by atoms with Gasteiger partial charge in [-0.3, -0.25) is 9.17 Å². The van der Waals surface area contributed by atoms with E-state index in [9.17, 15) is 13.2 Å². The Hall–Kier alpha value is -3.36. The van der Waals surface area contributed by atoms with Gasteiger partial charge in [-0.05, 0) is 103 Å². The van der Waals surface area contributed by atoms with E-state index >= 15 is 0 Å². The number of nitrogens with one attached hydrogen (secondary N) is 1. The van der Waals surface area contributed by atoms with E-state index in [1.807, 2.05) is 42.5 Å². The smallest absolute Gasteiger partial charge is 0.258 e. The molecular weight excluding hydrogens is 506 g/mol. The van der Waals surface area contributed by atoms with Gasteiger partial charge in [0, 0.05) is 12.3 Å². The highest BCUT2D eigenvalue weighted by Crippen LogP contribution is 2.34. The van der Waals surface area contributed by atoms with Crippen LogP contribution in [-0.4, -0.2) is 31.4 Å². The Morgan fingerprint density at radius 2 is 1.59 bits per heavy atom. The molecule has 0 atom stereocenters. The molecule has 194 valence electrons. The van der Waals surface area contributed by atoms with Gasteiger partial charge in [-0.25, -0.2) is 8.42 Å². The van der Waals surface area contributed by atoms with Gasteiger partial charge in [-0.2, -0.15) is 0 Å². The topological polar surface area (TPSA) is 85.5 Å². The van der Waals surface area contributed by atoms with E-state index < -0.39 is 9.84 Å². The summed E-state index contributed by atoms with van der Waals surface area (Å²) in [6.45, 7) is 7.05. The zero-order valence-corrected chi connectivity index (χ0v) is 23.1. The molecule has 1 N–H and O–H groups in total. The number of hydrogen-bond acceptors (Lipinski definition) is 6. The van der Waals surface area contributed by atoms with Crippen molar-refractivity contribution in [1.29, 1.82) is 0 Å². The maximum atomic E-state index is 11.4. The minimum atomic E-state index is -2.98. The molecule has 0 amide bonds. The van der Waals surface area contributed by atoms with Crippen molar-refractivity contribution < 1.29 is 17.9 Å². The third-order valence-electron chi connectivity index (χ3n) is 6.21. The van der Waals surface area contributed by atoms with Crippen LogP contribution in [0.2, 0.25) is 0 Å². The minimum Gasteiger partial charge on any atom is -0.494 e. The molecule has 0 aliphatic heterocycles. The van der Waals surface area contributed by atoms with E-state index in [0.717, 1.165) is 55.3 Å². The molecule has 1 heterocycles. The zero-order valence-electron chi connectivity index (χ0n) is 21.5. The summed E-state index contributed by atoms with van der Waals surface area (Å²) in [5.41, 5.74) is 7.66. The average Bonchev–Trinajstić information content (AvgIpc) is 3.28. The number of H-pyrrole nitrogens is 1. The monoisotopic (exact) mass is 537 g/mol. The van der Waals surface area contributed by atoms with Crippen LogP contribution >= 0.6 is 11.5 Å². The predicted octanol–water partition coefficient (Wildman–Crippen LogP) is 6.09. The molecule has 37 heavy (non-hydrogen) atoms. The van der Waals surface area contributed by atoms with Crippen molar-refractivity contribution in [2.24, 2.45) is 0 Å². The number of ether oxygens (including phenoxy) is 2. The van der Waals surface area contributed by atoms with E-state index in [2.05, 4.69) is 37.3 Å². The van der Waals surface area contributed by atoms with Gasteiger partial charge in [0.1, 0.15) is 27.9 Å². The van der Waals surface area contributed by atoms with E-state index in [1.54, 1.807) is 6.07 Å². The normalized spacial score (nSPS) is 11.5. The quantitative estimate of drug-likeness (QED) is 0.248. The zero-order chi connectivity index (χ0) is 26.6. The molecule has 0 radical (unpaired) electrons. The third-order valence-corrected chi connectivity index (χ3v) is 8.11. The molecule has 8 heteroatoms. The molecule has 0 aliphatic rings. The second-order valence-electron chi connectivity index (χ2n) is 9.24. The maximum Gasteiger partial charge on any atom is 0.258 e. The minimum absolute atomic E-state index is 0.0899. The fourth-order valence-electron chi connectivity index (χ4n) is 4.36. The summed E-state index contributed by atoms with van der Waals surface area (Å²) in [7, 11) is -2.98. The van der Waals surface area contributed by atoms with Crippen molar-refractivity contribution in [3.63, 3.8) is 0 Å². The molecule has 1 aromatic heterocycles. The molecule has 0 saturated carbocycles. The number of sulfone groups is 1. The number of aryl methyl sites for hydroxylation is 2. The highest BCUT2D eigenvalue weighted by molar-refractivity contribution is 7.90. The second-order valence-corrected chi connectivity index (χ2v) is 12.4. The summed E-state index contributed by atoms with van der Waals surface area (Å²) in [5.74, 6) is 1.64. The molecule has 0 saturated heterocycles. The van der Waals surface area contributed by atoms with Crippen LogP contribution < -0.4 is 15.0 Å². The second kappa shape index (κ2) is 11.4. The number of benzene rings is 3. The first kappa shape index (κ1) is 26.7. The molecule has 0 spiro atoms. The van der Waals surface area contributed by atoms with Crippen molar-refractivity contribution in [3.05, 3.63) is 93.3 Å². The Balaban J connectivity index is 1.46. The number of rotatable bonds is 10. The van der Waals surface area contributed by atoms with Crippen LogP contribution in [0.4, 0.5) is 0 Å². The molecule has 4 aromatic rings. The molecule has 0 bridgehead atoms. The standard InChI is InChI=1S/C29H31NO5S2/c1-19-15-25(34-13-6-14-37(4,32)33)16-20(2)29(19)26-8-5-7-23(21(26)3)18-35-24-11-9-22(10-12-24)27-17-28(31)30-36-27/h5,7-12,15-17H,6,13-14,18H2,1-4H3,(H,30,31). The molecule has 4 rings (SSSR count). The third kappa shape index (κ3) is 6.90. The first-order chi connectivity index (χ1) is 17.6. The lowest BCUT2D eigenvalue weighted by Gasteiger charge is -2.18.